The highest BCUT2D eigenvalue weighted by Crippen LogP contribution is 2.28. The normalized spacial score (nSPS) is 20.7. The molecule has 1 fully saturated rings. The van der Waals surface area contributed by atoms with Crippen LogP contribution in [0.4, 0.5) is 0 Å². The van der Waals surface area contributed by atoms with E-state index in [4.69, 9.17) is 16.3 Å². The molecule has 1 N–H and O–H groups in total. The Hall–Kier alpha value is -0.810. The average molecular weight is 361 g/mol. The quantitative estimate of drug-likeness (QED) is 0.847. The van der Waals surface area contributed by atoms with Gasteiger partial charge >= 0.3 is 0 Å². The number of ether oxygens (including phenoxy) is 1. The monoisotopic (exact) mass is 360 g/mol. The fourth-order valence-corrected chi connectivity index (χ4v) is 3.24. The van der Waals surface area contributed by atoms with E-state index in [1.807, 2.05) is 36.2 Å². The lowest BCUT2D eigenvalue weighted by Crippen LogP contribution is -2.59. The van der Waals surface area contributed by atoms with Crippen molar-refractivity contribution in [1.29, 1.82) is 0 Å². The summed E-state index contributed by atoms with van der Waals surface area (Å²) in [6, 6.07) is 7.92. The molecule has 1 aliphatic heterocycles. The van der Waals surface area contributed by atoms with Gasteiger partial charge < -0.3 is 15.0 Å². The molecule has 0 radical (unpaired) electrons. The number of carbonyl (C=O) groups is 1. The number of nitrogens with zero attached hydrogens (tertiary/aromatic N) is 1. The smallest absolute Gasteiger partial charge is 0.225 e. The number of likely N-dealkylation sites (N-methyl/N-ethyl adjacent to an activating group) is 1. The van der Waals surface area contributed by atoms with Gasteiger partial charge in [-0.25, -0.2) is 0 Å². The Balaban J connectivity index is 0.00000264. The van der Waals surface area contributed by atoms with E-state index in [0.717, 1.165) is 37.4 Å². The number of halogens is 2. The summed E-state index contributed by atoms with van der Waals surface area (Å²) in [5, 5.41) is 4.19. The van der Waals surface area contributed by atoms with E-state index in [-0.39, 0.29) is 23.9 Å². The lowest BCUT2D eigenvalue weighted by Gasteiger charge is -2.45. The Morgan fingerprint density at radius 2 is 2.09 bits per heavy atom. The molecule has 0 aliphatic carbocycles. The standard InChI is InChI=1S/C17H25ClN2O2.ClH/c1-20(16(21)8-11-22-2)17(9-3-10-19-13-17)12-14-4-6-15(18)7-5-14;/h4-7,19H,3,8-13H2,1-2H3;1H/t17-;/m1./s1. The second-order valence-corrected chi connectivity index (χ2v) is 6.44. The van der Waals surface area contributed by atoms with Gasteiger partial charge in [-0.3, -0.25) is 4.79 Å². The lowest BCUT2D eigenvalue weighted by atomic mass is 9.82. The zero-order chi connectivity index (χ0) is 16.0. The molecule has 0 spiro atoms. The van der Waals surface area contributed by atoms with Crippen LogP contribution in [-0.4, -0.2) is 50.2 Å². The van der Waals surface area contributed by atoms with E-state index in [0.29, 0.717) is 13.0 Å². The number of piperidine rings is 1. The van der Waals surface area contributed by atoms with Crippen molar-refractivity contribution in [3.8, 4) is 0 Å². The highest BCUT2D eigenvalue weighted by atomic mass is 35.5. The molecular formula is C17H26Cl2N2O2. The average Bonchev–Trinajstić information content (AvgIpc) is 2.55. The van der Waals surface area contributed by atoms with Crippen LogP contribution in [0.15, 0.2) is 24.3 Å². The maximum Gasteiger partial charge on any atom is 0.225 e. The van der Waals surface area contributed by atoms with E-state index in [9.17, 15) is 4.79 Å². The number of hydrogen-bond donors (Lipinski definition) is 1. The van der Waals surface area contributed by atoms with Gasteiger partial charge in [-0.1, -0.05) is 23.7 Å². The highest BCUT2D eigenvalue weighted by molar-refractivity contribution is 6.30. The second kappa shape index (κ2) is 9.48. The van der Waals surface area contributed by atoms with Crippen molar-refractivity contribution in [2.45, 2.75) is 31.2 Å². The Labute approximate surface area is 149 Å². The molecule has 0 unspecified atom stereocenters. The molecular weight excluding hydrogens is 335 g/mol. The van der Waals surface area contributed by atoms with Crippen molar-refractivity contribution in [1.82, 2.24) is 10.2 Å². The molecule has 1 atom stereocenters. The minimum Gasteiger partial charge on any atom is -0.384 e. The van der Waals surface area contributed by atoms with E-state index in [1.165, 1.54) is 5.56 Å². The summed E-state index contributed by atoms with van der Waals surface area (Å²) in [5.74, 6) is 0.138. The third-order valence-electron chi connectivity index (χ3n) is 4.50. The topological polar surface area (TPSA) is 41.6 Å². The Morgan fingerprint density at radius 3 is 2.65 bits per heavy atom. The third-order valence-corrected chi connectivity index (χ3v) is 4.75. The minimum atomic E-state index is -0.170. The number of carbonyl (C=O) groups excluding carboxylic acids is 1. The predicted molar refractivity (Wildman–Crippen MR) is 96.5 cm³/mol. The third kappa shape index (κ3) is 5.35. The molecule has 0 aromatic heterocycles. The van der Waals surface area contributed by atoms with Crippen LogP contribution >= 0.6 is 24.0 Å². The minimum absolute atomic E-state index is 0. The van der Waals surface area contributed by atoms with Crippen LogP contribution in [0.25, 0.3) is 0 Å². The lowest BCUT2D eigenvalue weighted by molar-refractivity contribution is -0.137. The molecule has 2 rings (SSSR count). The number of nitrogens with one attached hydrogen (secondary N) is 1. The SMILES string of the molecule is COCCC(=O)N(C)[C@@]1(Cc2ccc(Cl)cc2)CCCNC1.Cl. The molecule has 1 aromatic rings. The molecule has 1 saturated heterocycles. The number of rotatable bonds is 6. The van der Waals surface area contributed by atoms with Gasteiger partial charge in [0.25, 0.3) is 0 Å². The largest absolute Gasteiger partial charge is 0.384 e. The molecule has 0 saturated carbocycles. The predicted octanol–water partition coefficient (Wildman–Crippen LogP) is 2.92. The molecule has 1 heterocycles. The van der Waals surface area contributed by atoms with Crippen LogP contribution in [0.3, 0.4) is 0 Å². The second-order valence-electron chi connectivity index (χ2n) is 6.00. The van der Waals surface area contributed by atoms with Crippen LogP contribution in [0, 0.1) is 0 Å². The van der Waals surface area contributed by atoms with Crippen LogP contribution in [-0.2, 0) is 16.0 Å². The first-order chi connectivity index (χ1) is 10.6. The summed E-state index contributed by atoms with van der Waals surface area (Å²) in [6.45, 7) is 2.31. The fraction of sp³-hybridized carbons (Fsp3) is 0.588. The van der Waals surface area contributed by atoms with Crippen molar-refractivity contribution >= 4 is 29.9 Å². The van der Waals surface area contributed by atoms with Gasteiger partial charge in [-0.2, -0.15) is 0 Å². The Bertz CT molecular complexity index is 488. The summed E-state index contributed by atoms with van der Waals surface area (Å²) in [7, 11) is 3.54. The maximum atomic E-state index is 12.4. The van der Waals surface area contributed by atoms with Crippen LogP contribution in [0.5, 0.6) is 0 Å². The van der Waals surface area contributed by atoms with Crippen LogP contribution in [0.1, 0.15) is 24.8 Å². The number of methoxy groups -OCH3 is 1. The van der Waals surface area contributed by atoms with Gasteiger partial charge in [0, 0.05) is 25.7 Å². The number of hydrogen-bond acceptors (Lipinski definition) is 3. The molecule has 1 aliphatic rings. The first kappa shape index (κ1) is 20.2. The summed E-state index contributed by atoms with van der Waals surface area (Å²) in [5.41, 5.74) is 1.04. The summed E-state index contributed by atoms with van der Waals surface area (Å²) in [4.78, 5) is 14.4. The Kier molecular flexibility index (Phi) is 8.34. The van der Waals surface area contributed by atoms with E-state index in [1.54, 1.807) is 7.11 Å². The molecule has 1 amide bonds. The first-order valence-corrected chi connectivity index (χ1v) is 8.16. The van der Waals surface area contributed by atoms with Gasteiger partial charge in [0.2, 0.25) is 5.91 Å². The van der Waals surface area contributed by atoms with Crippen molar-refractivity contribution in [2.75, 3.05) is 33.9 Å². The zero-order valence-electron chi connectivity index (χ0n) is 13.8. The fourth-order valence-electron chi connectivity index (χ4n) is 3.11. The van der Waals surface area contributed by atoms with Gasteiger partial charge in [-0.05, 0) is 43.5 Å². The van der Waals surface area contributed by atoms with Gasteiger partial charge in [0.1, 0.15) is 0 Å². The van der Waals surface area contributed by atoms with Crippen molar-refractivity contribution in [3.63, 3.8) is 0 Å². The summed E-state index contributed by atoms with van der Waals surface area (Å²) in [6.07, 6.45) is 3.36. The van der Waals surface area contributed by atoms with Crippen LogP contribution < -0.4 is 5.32 Å². The first-order valence-electron chi connectivity index (χ1n) is 7.78. The van der Waals surface area contributed by atoms with Crippen LogP contribution in [0.2, 0.25) is 5.02 Å². The van der Waals surface area contributed by atoms with Crippen molar-refractivity contribution in [3.05, 3.63) is 34.9 Å². The molecule has 6 heteroatoms. The maximum absolute atomic E-state index is 12.4. The Morgan fingerprint density at radius 1 is 1.39 bits per heavy atom. The molecule has 1 aromatic carbocycles. The van der Waals surface area contributed by atoms with E-state index >= 15 is 0 Å². The van der Waals surface area contributed by atoms with Gasteiger partial charge in [0.15, 0.2) is 0 Å². The molecule has 23 heavy (non-hydrogen) atoms. The number of amides is 1. The molecule has 130 valence electrons. The highest BCUT2D eigenvalue weighted by Gasteiger charge is 2.38. The summed E-state index contributed by atoms with van der Waals surface area (Å²) >= 11 is 5.97. The number of benzene rings is 1. The van der Waals surface area contributed by atoms with Crippen molar-refractivity contribution < 1.29 is 9.53 Å². The van der Waals surface area contributed by atoms with Gasteiger partial charge in [-0.15, -0.1) is 12.4 Å². The molecule has 4 nitrogen and oxygen atoms in total. The molecule has 0 bridgehead atoms. The van der Waals surface area contributed by atoms with E-state index < -0.39 is 0 Å². The van der Waals surface area contributed by atoms with Crippen molar-refractivity contribution in [2.24, 2.45) is 0 Å². The van der Waals surface area contributed by atoms with Gasteiger partial charge in [0.05, 0.1) is 18.6 Å². The van der Waals surface area contributed by atoms with E-state index in [2.05, 4.69) is 5.32 Å². The summed E-state index contributed by atoms with van der Waals surface area (Å²) < 4.78 is 5.04. The zero-order valence-corrected chi connectivity index (χ0v) is 15.4.